The highest BCUT2D eigenvalue weighted by Crippen LogP contribution is 2.28. The molecule has 0 aliphatic carbocycles. The SMILES string of the molecule is CC(=O)C(C)(C)Oc1ccc(-c2csc(NC(=O)NCc3ncc(-c4ccccc4)[nH]3)n2)cc1. The molecule has 2 heterocycles. The Bertz CT molecular complexity index is 1280. The van der Waals surface area contributed by atoms with Crippen LogP contribution >= 0.6 is 11.3 Å². The summed E-state index contributed by atoms with van der Waals surface area (Å²) < 4.78 is 5.76. The molecule has 0 aliphatic rings. The maximum absolute atomic E-state index is 12.3. The van der Waals surface area contributed by atoms with Crippen LogP contribution in [-0.2, 0) is 11.3 Å². The fraction of sp³-hybridized carbons (Fsp3) is 0.200. The molecule has 2 amide bonds. The Labute approximate surface area is 201 Å². The van der Waals surface area contributed by atoms with E-state index in [1.54, 1.807) is 32.2 Å². The van der Waals surface area contributed by atoms with Crippen LogP contribution < -0.4 is 15.4 Å². The van der Waals surface area contributed by atoms with Gasteiger partial charge in [-0.25, -0.2) is 14.8 Å². The van der Waals surface area contributed by atoms with E-state index in [1.165, 1.54) is 18.3 Å². The highest BCUT2D eigenvalue weighted by molar-refractivity contribution is 7.14. The molecule has 0 radical (unpaired) electrons. The van der Waals surface area contributed by atoms with Crippen molar-refractivity contribution in [2.24, 2.45) is 0 Å². The lowest BCUT2D eigenvalue weighted by atomic mass is 10.1. The number of rotatable bonds is 8. The standard InChI is InChI=1S/C25H25N5O3S/c1-16(31)25(2,3)33-19-11-9-18(10-12-19)21-15-34-24(29-21)30-23(32)27-14-22-26-13-20(28-22)17-7-5-4-6-8-17/h4-13,15H,14H2,1-3H3,(H,26,28)(H2,27,29,30,32). The predicted molar refractivity (Wildman–Crippen MR) is 133 cm³/mol. The maximum atomic E-state index is 12.3. The third kappa shape index (κ3) is 5.68. The van der Waals surface area contributed by atoms with Gasteiger partial charge in [-0.15, -0.1) is 11.3 Å². The number of anilines is 1. The summed E-state index contributed by atoms with van der Waals surface area (Å²) in [4.78, 5) is 36.0. The third-order valence-electron chi connectivity index (χ3n) is 5.23. The number of carbonyl (C=O) groups is 2. The van der Waals surface area contributed by atoms with Gasteiger partial charge < -0.3 is 15.0 Å². The largest absolute Gasteiger partial charge is 0.480 e. The number of aromatic nitrogens is 3. The molecule has 0 bridgehead atoms. The van der Waals surface area contributed by atoms with E-state index in [2.05, 4.69) is 25.6 Å². The van der Waals surface area contributed by atoms with Gasteiger partial charge in [0.15, 0.2) is 16.5 Å². The Hall–Kier alpha value is -3.98. The van der Waals surface area contributed by atoms with Crippen molar-refractivity contribution in [3.05, 3.63) is 72.0 Å². The first kappa shape index (κ1) is 23.2. The molecule has 4 aromatic rings. The molecule has 0 atom stereocenters. The van der Waals surface area contributed by atoms with Gasteiger partial charge in [-0.2, -0.15) is 0 Å². The second kappa shape index (κ2) is 9.88. The van der Waals surface area contributed by atoms with Crippen LogP contribution in [0.4, 0.5) is 9.93 Å². The summed E-state index contributed by atoms with van der Waals surface area (Å²) in [7, 11) is 0. The van der Waals surface area contributed by atoms with Crippen LogP contribution in [0, 0.1) is 0 Å². The number of benzene rings is 2. The molecule has 2 aromatic carbocycles. The van der Waals surface area contributed by atoms with E-state index in [9.17, 15) is 9.59 Å². The average Bonchev–Trinajstić information content (AvgIpc) is 3.48. The number of nitrogens with zero attached hydrogens (tertiary/aromatic N) is 2. The minimum atomic E-state index is -0.884. The molecular formula is C25H25N5O3S. The van der Waals surface area contributed by atoms with Crippen molar-refractivity contribution in [1.29, 1.82) is 0 Å². The van der Waals surface area contributed by atoms with Crippen molar-refractivity contribution in [1.82, 2.24) is 20.3 Å². The van der Waals surface area contributed by atoms with E-state index in [0.29, 0.717) is 16.7 Å². The van der Waals surface area contributed by atoms with Gasteiger partial charge >= 0.3 is 6.03 Å². The van der Waals surface area contributed by atoms with Crippen LogP contribution in [0.3, 0.4) is 0 Å². The van der Waals surface area contributed by atoms with Gasteiger partial charge in [0.1, 0.15) is 11.6 Å². The van der Waals surface area contributed by atoms with E-state index in [4.69, 9.17) is 4.74 Å². The van der Waals surface area contributed by atoms with E-state index in [0.717, 1.165) is 22.5 Å². The van der Waals surface area contributed by atoms with Crippen LogP contribution in [0.2, 0.25) is 0 Å². The quantitative estimate of drug-likeness (QED) is 0.322. The maximum Gasteiger partial charge on any atom is 0.321 e. The minimum Gasteiger partial charge on any atom is -0.480 e. The molecule has 0 fully saturated rings. The minimum absolute atomic E-state index is 0.0475. The number of ether oxygens (including phenoxy) is 1. The molecule has 3 N–H and O–H groups in total. The normalized spacial score (nSPS) is 11.1. The number of H-pyrrole nitrogens is 1. The molecule has 0 aliphatic heterocycles. The number of aromatic amines is 1. The number of nitrogens with one attached hydrogen (secondary N) is 3. The Morgan fingerprint density at radius 3 is 2.50 bits per heavy atom. The topological polar surface area (TPSA) is 109 Å². The van der Waals surface area contributed by atoms with Crippen molar-refractivity contribution in [2.45, 2.75) is 32.9 Å². The average molecular weight is 476 g/mol. The first-order valence-electron chi connectivity index (χ1n) is 10.7. The number of hydrogen-bond acceptors (Lipinski definition) is 6. The third-order valence-corrected chi connectivity index (χ3v) is 5.98. The number of hydrogen-bond donors (Lipinski definition) is 3. The van der Waals surface area contributed by atoms with E-state index < -0.39 is 5.60 Å². The highest BCUT2D eigenvalue weighted by Gasteiger charge is 2.25. The van der Waals surface area contributed by atoms with Gasteiger partial charge in [0.25, 0.3) is 0 Å². The lowest BCUT2D eigenvalue weighted by Crippen LogP contribution is -2.36. The highest BCUT2D eigenvalue weighted by atomic mass is 32.1. The zero-order valence-corrected chi connectivity index (χ0v) is 19.9. The zero-order chi connectivity index (χ0) is 24.1. The first-order chi connectivity index (χ1) is 16.3. The predicted octanol–water partition coefficient (Wildman–Crippen LogP) is 5.27. The Morgan fingerprint density at radius 1 is 1.06 bits per heavy atom. The van der Waals surface area contributed by atoms with E-state index >= 15 is 0 Å². The van der Waals surface area contributed by atoms with Crippen molar-refractivity contribution in [3.63, 3.8) is 0 Å². The molecule has 0 unspecified atom stereocenters. The lowest BCUT2D eigenvalue weighted by molar-refractivity contribution is -0.129. The van der Waals surface area contributed by atoms with Gasteiger partial charge in [0, 0.05) is 10.9 Å². The van der Waals surface area contributed by atoms with Crippen LogP contribution in [0.1, 0.15) is 26.6 Å². The molecule has 0 spiro atoms. The Morgan fingerprint density at radius 2 is 1.79 bits per heavy atom. The summed E-state index contributed by atoms with van der Waals surface area (Å²) >= 11 is 1.33. The molecule has 34 heavy (non-hydrogen) atoms. The molecular weight excluding hydrogens is 450 g/mol. The Kier molecular flexibility index (Phi) is 6.74. The Balaban J connectivity index is 1.31. The summed E-state index contributed by atoms with van der Waals surface area (Å²) in [6.07, 6.45) is 1.74. The summed E-state index contributed by atoms with van der Waals surface area (Å²) in [5.74, 6) is 1.21. The molecule has 9 heteroatoms. The molecule has 0 saturated carbocycles. The lowest BCUT2D eigenvalue weighted by Gasteiger charge is -2.23. The summed E-state index contributed by atoms with van der Waals surface area (Å²) in [6.45, 7) is 5.24. The molecule has 174 valence electrons. The number of amides is 2. The van der Waals surface area contributed by atoms with Gasteiger partial charge in [-0.3, -0.25) is 10.1 Å². The van der Waals surface area contributed by atoms with Crippen molar-refractivity contribution >= 4 is 28.3 Å². The van der Waals surface area contributed by atoms with Crippen molar-refractivity contribution < 1.29 is 14.3 Å². The number of ketones is 1. The zero-order valence-electron chi connectivity index (χ0n) is 19.1. The number of urea groups is 1. The fourth-order valence-corrected chi connectivity index (χ4v) is 3.76. The monoisotopic (exact) mass is 475 g/mol. The van der Waals surface area contributed by atoms with E-state index in [1.807, 2.05) is 47.8 Å². The number of thiazole rings is 1. The first-order valence-corrected chi connectivity index (χ1v) is 11.6. The number of Topliss-reactive ketones (excluding diaryl/α,β-unsaturated/α-hetero) is 1. The number of imidazole rings is 1. The van der Waals surface area contributed by atoms with Gasteiger partial charge in [0.2, 0.25) is 0 Å². The molecule has 4 rings (SSSR count). The van der Waals surface area contributed by atoms with Gasteiger partial charge in [-0.05, 0) is 50.6 Å². The second-order valence-corrected chi connectivity index (χ2v) is 9.01. The molecule has 8 nitrogen and oxygen atoms in total. The van der Waals surface area contributed by atoms with Gasteiger partial charge in [0.05, 0.1) is 24.1 Å². The van der Waals surface area contributed by atoms with Crippen LogP contribution in [0.5, 0.6) is 5.75 Å². The fourth-order valence-electron chi connectivity index (χ4n) is 3.05. The smallest absolute Gasteiger partial charge is 0.321 e. The van der Waals surface area contributed by atoms with E-state index in [-0.39, 0.29) is 18.4 Å². The van der Waals surface area contributed by atoms with Crippen LogP contribution in [-0.4, -0.2) is 32.4 Å². The van der Waals surface area contributed by atoms with Crippen molar-refractivity contribution in [2.75, 3.05) is 5.32 Å². The summed E-state index contributed by atoms with van der Waals surface area (Å²) in [5, 5.41) is 7.87. The second-order valence-electron chi connectivity index (χ2n) is 8.15. The summed E-state index contributed by atoms with van der Waals surface area (Å²) in [6, 6.07) is 16.8. The molecule has 0 saturated heterocycles. The van der Waals surface area contributed by atoms with Crippen molar-refractivity contribution in [3.8, 4) is 28.3 Å². The van der Waals surface area contributed by atoms with Crippen LogP contribution in [0.25, 0.3) is 22.5 Å². The number of carbonyl (C=O) groups excluding carboxylic acids is 2. The molecule has 2 aromatic heterocycles. The van der Waals surface area contributed by atoms with Crippen LogP contribution in [0.15, 0.2) is 66.2 Å². The summed E-state index contributed by atoms with van der Waals surface area (Å²) in [5.41, 5.74) is 2.65. The van der Waals surface area contributed by atoms with Gasteiger partial charge in [-0.1, -0.05) is 30.3 Å².